The normalized spacial score (nSPS) is 13.6. The number of nitrogens with one attached hydrogen (secondary N) is 2. The summed E-state index contributed by atoms with van der Waals surface area (Å²) in [5, 5.41) is 0. The van der Waals surface area contributed by atoms with Gasteiger partial charge in [0.15, 0.2) is 0 Å². The Bertz CT molecular complexity index is 445. The molecule has 1 heterocycles. The monoisotopic (exact) mass is 390 g/mol. The minimum absolute atomic E-state index is 0.371. The van der Waals surface area contributed by atoms with Gasteiger partial charge in [0.1, 0.15) is 12.4 Å². The van der Waals surface area contributed by atoms with Crippen molar-refractivity contribution in [2.45, 2.75) is 98.9 Å². The second-order valence-electron chi connectivity index (χ2n) is 9.33. The Labute approximate surface area is 160 Å². The summed E-state index contributed by atoms with van der Waals surface area (Å²) in [6.45, 7) is 21.9. The van der Waals surface area contributed by atoms with Gasteiger partial charge in [0.2, 0.25) is 0 Å². The molecule has 0 unspecified atom stereocenters. The Morgan fingerprint density at radius 3 is 1.40 bits per heavy atom. The molecule has 0 bridgehead atoms. The van der Waals surface area contributed by atoms with E-state index >= 15 is 0 Å². The molecule has 0 radical (unpaired) electrons. The highest BCUT2D eigenvalue weighted by Gasteiger charge is 2.36. The number of imidazole rings is 1. The van der Waals surface area contributed by atoms with Gasteiger partial charge in [-0.1, -0.05) is 13.8 Å². The number of aromatic amines is 2. The third-order valence-electron chi connectivity index (χ3n) is 2.43. The van der Waals surface area contributed by atoms with Gasteiger partial charge in [-0.05, 0) is 62.3 Å². The number of H-pyrrole nitrogens is 2. The van der Waals surface area contributed by atoms with Crippen molar-refractivity contribution >= 4 is 20.0 Å². The Kier molecular flexibility index (Phi) is 8.91. The maximum Gasteiger partial charge on any atom is 0.346 e. The first-order valence-electron chi connectivity index (χ1n) is 8.78. The van der Waals surface area contributed by atoms with Gasteiger partial charge in [-0.2, -0.15) is 0 Å². The van der Waals surface area contributed by atoms with Gasteiger partial charge in [-0.15, -0.1) is 0 Å². The zero-order valence-electron chi connectivity index (χ0n) is 17.9. The second kappa shape index (κ2) is 9.04. The second-order valence-corrected chi connectivity index (χ2v) is 12.4. The molecule has 0 fully saturated rings. The largest absolute Gasteiger partial charge is 0.708 e. The summed E-state index contributed by atoms with van der Waals surface area (Å²) in [5.41, 5.74) is -1.11. The van der Waals surface area contributed by atoms with Crippen LogP contribution < -0.4 is 4.98 Å². The van der Waals surface area contributed by atoms with Crippen LogP contribution in [0.3, 0.4) is 0 Å². The Morgan fingerprint density at radius 1 is 0.880 bits per heavy atom. The van der Waals surface area contributed by atoms with E-state index in [1.54, 1.807) is 0 Å². The fraction of sp³-hybridized carbons (Fsp3) is 0.833. The molecule has 0 aromatic carbocycles. The van der Waals surface area contributed by atoms with E-state index in [-0.39, 0.29) is 16.8 Å². The molecule has 2 N–H and O–H groups in total. The van der Waals surface area contributed by atoms with E-state index < -0.39 is 7.95 Å². The number of hydrogen-bond acceptors (Lipinski definition) is 4. The molecule has 0 saturated heterocycles. The number of aromatic nitrogens is 2. The molecular formula is C18H38N2O3SSi. The van der Waals surface area contributed by atoms with Crippen molar-refractivity contribution in [1.82, 2.24) is 4.98 Å². The summed E-state index contributed by atoms with van der Waals surface area (Å²) in [6, 6.07) is 0. The highest BCUT2D eigenvalue weighted by molar-refractivity contribution is 7.94. The van der Waals surface area contributed by atoms with Crippen molar-refractivity contribution in [2.24, 2.45) is 0 Å². The van der Waals surface area contributed by atoms with Crippen LogP contribution in [-0.4, -0.2) is 29.7 Å². The van der Waals surface area contributed by atoms with Crippen LogP contribution in [0.4, 0.5) is 0 Å². The van der Waals surface area contributed by atoms with Gasteiger partial charge in [0, 0.05) is 0 Å². The zero-order chi connectivity index (χ0) is 20.1. The fourth-order valence-electron chi connectivity index (χ4n) is 1.83. The smallest absolute Gasteiger partial charge is 0.346 e. The molecular weight excluding hydrogens is 352 g/mol. The molecule has 0 spiro atoms. The minimum atomic E-state index is -3.07. The summed E-state index contributed by atoms with van der Waals surface area (Å²) in [5.74, 6) is 1.76. The van der Waals surface area contributed by atoms with Crippen LogP contribution in [0.15, 0.2) is 12.4 Å². The van der Waals surface area contributed by atoms with Gasteiger partial charge in [-0.3, -0.25) is 0 Å². The van der Waals surface area contributed by atoms with Crippen molar-refractivity contribution in [3.63, 3.8) is 0 Å². The van der Waals surface area contributed by atoms with E-state index in [0.29, 0.717) is 5.92 Å². The quantitative estimate of drug-likeness (QED) is 0.613. The lowest BCUT2D eigenvalue weighted by Crippen LogP contribution is -2.55. The number of rotatable bonds is 4. The van der Waals surface area contributed by atoms with Gasteiger partial charge in [0.25, 0.3) is 5.82 Å². The highest BCUT2D eigenvalue weighted by atomic mass is 32.3. The van der Waals surface area contributed by atoms with Crippen LogP contribution in [0.5, 0.6) is 0 Å². The molecule has 148 valence electrons. The molecule has 0 aliphatic heterocycles. The highest BCUT2D eigenvalue weighted by Crippen LogP contribution is 2.27. The average Bonchev–Trinajstić information content (AvgIpc) is 2.72. The maximum absolute atomic E-state index is 5.89. The molecule has 0 amide bonds. The summed E-state index contributed by atoms with van der Waals surface area (Å²) in [6.07, 6.45) is 3.80. The van der Waals surface area contributed by atoms with E-state index in [1.807, 2.05) is 74.7 Å². The molecule has 1 aromatic heterocycles. The fourth-order valence-corrected chi connectivity index (χ4v) is 6.45. The zero-order valence-corrected chi connectivity index (χ0v) is 19.7. The first kappa shape index (κ1) is 24.7. The molecule has 5 nitrogen and oxygen atoms in total. The molecule has 25 heavy (non-hydrogen) atoms. The van der Waals surface area contributed by atoms with Crippen molar-refractivity contribution in [2.75, 3.05) is 0 Å². The maximum atomic E-state index is 5.89. The van der Waals surface area contributed by atoms with E-state index in [1.165, 1.54) is 5.82 Å². The summed E-state index contributed by atoms with van der Waals surface area (Å²) in [7, 11) is -3.07. The third kappa shape index (κ3) is 13.5. The van der Waals surface area contributed by atoms with Crippen molar-refractivity contribution in [1.29, 1.82) is 0 Å². The minimum Gasteiger partial charge on any atom is -0.708 e. The van der Waals surface area contributed by atoms with Gasteiger partial charge in [-0.25, -0.2) is 9.97 Å². The Morgan fingerprint density at radius 2 is 1.24 bits per heavy atom. The van der Waals surface area contributed by atoms with Crippen molar-refractivity contribution < 1.29 is 18.3 Å². The molecule has 0 atom stereocenters. The van der Waals surface area contributed by atoms with Crippen LogP contribution in [0.1, 0.15) is 87.9 Å². The van der Waals surface area contributed by atoms with E-state index in [4.69, 9.17) is 25.4 Å². The average molecular weight is 391 g/mol. The van der Waals surface area contributed by atoms with Crippen LogP contribution in [0.25, 0.3) is 0 Å². The van der Waals surface area contributed by atoms with Crippen LogP contribution in [-0.2, 0) is 25.4 Å². The topological polar surface area (TPSA) is 57.6 Å². The summed E-state index contributed by atoms with van der Waals surface area (Å²) in [4.78, 5) is 6.16. The van der Waals surface area contributed by atoms with E-state index in [9.17, 15) is 0 Å². The predicted octanol–water partition coefficient (Wildman–Crippen LogP) is 4.37. The Hall–Kier alpha value is -0.343. The van der Waals surface area contributed by atoms with Crippen molar-refractivity contribution in [3.05, 3.63) is 18.2 Å². The lowest BCUT2D eigenvalue weighted by Gasteiger charge is -2.48. The lowest BCUT2D eigenvalue weighted by molar-refractivity contribution is -0.390. The lowest BCUT2D eigenvalue weighted by atomic mass is 10.2. The summed E-state index contributed by atoms with van der Waals surface area (Å²) >= 11 is 5.52. The molecule has 1 rings (SSSR count). The van der Waals surface area contributed by atoms with Crippen LogP contribution >= 0.6 is 0 Å². The van der Waals surface area contributed by atoms with Gasteiger partial charge >= 0.3 is 7.95 Å². The first-order valence-corrected chi connectivity index (χ1v) is 11.6. The molecule has 1 aromatic rings. The molecule has 7 heteroatoms. The standard InChI is InChI=1S/C12H27O3SSi.C6H10N2/c1-10(2,3)13-17(16,14-11(4,5)6)15-12(7,8)9;1-5(2)6-7-3-4-8-6/h1-9H3;3-5H,1-2H3,(H,7,8)/q-1;/p+1. The van der Waals surface area contributed by atoms with Gasteiger partial charge < -0.3 is 25.4 Å². The molecule has 0 saturated carbocycles. The molecule has 0 aliphatic carbocycles. The third-order valence-corrected chi connectivity index (χ3v) is 5.77. The Balaban J connectivity index is 0.000000593. The van der Waals surface area contributed by atoms with E-state index in [0.717, 1.165) is 0 Å². The molecule has 0 aliphatic rings. The van der Waals surface area contributed by atoms with E-state index in [2.05, 4.69) is 23.8 Å². The van der Waals surface area contributed by atoms with Crippen molar-refractivity contribution in [3.8, 4) is 0 Å². The predicted molar refractivity (Wildman–Crippen MR) is 107 cm³/mol. The SMILES string of the molecule is CC(C)(C)O[Si]([S-])(OC(C)(C)C)OC(C)(C)C.CC(C)c1[nH]cc[nH+]1. The first-order chi connectivity index (χ1) is 10.9. The van der Waals surface area contributed by atoms with Crippen LogP contribution in [0.2, 0.25) is 0 Å². The summed E-state index contributed by atoms with van der Waals surface area (Å²) < 4.78 is 17.7. The van der Waals surface area contributed by atoms with Gasteiger partial charge in [0.05, 0.1) is 22.7 Å². The number of hydrogen-bond donors (Lipinski definition) is 1. The van der Waals surface area contributed by atoms with Crippen LogP contribution in [0, 0.1) is 0 Å².